The topological polar surface area (TPSA) is 77.2 Å². The van der Waals surface area contributed by atoms with Crippen LogP contribution in [0.5, 0.6) is 11.5 Å². The summed E-state index contributed by atoms with van der Waals surface area (Å²) in [6.45, 7) is 0.765. The van der Waals surface area contributed by atoms with Crippen molar-refractivity contribution in [1.82, 2.24) is 14.8 Å². The quantitative estimate of drug-likeness (QED) is 0.593. The number of rotatable bonds is 6. The third kappa shape index (κ3) is 4.93. The number of ether oxygens (including phenoxy) is 1. The molecular weight excluding hydrogens is 411 g/mol. The summed E-state index contributed by atoms with van der Waals surface area (Å²) in [5.41, 5.74) is -4.02. The lowest BCUT2D eigenvalue weighted by Gasteiger charge is -2.23. The number of alkyl halides is 3. The van der Waals surface area contributed by atoms with Crippen molar-refractivity contribution >= 4 is 17.4 Å². The normalized spacial score (nSPS) is 13.7. The maximum Gasteiger partial charge on any atom is 0.417 e. The third-order valence-electron chi connectivity index (χ3n) is 4.02. The zero-order valence-electron chi connectivity index (χ0n) is 15.0. The van der Waals surface area contributed by atoms with Crippen molar-refractivity contribution < 1.29 is 27.8 Å². The van der Waals surface area contributed by atoms with E-state index in [0.29, 0.717) is 11.1 Å². The second-order valence-corrected chi connectivity index (χ2v) is 6.89. The first-order valence-electron chi connectivity index (χ1n) is 8.30. The predicted molar refractivity (Wildman–Crippen MR) is 97.9 cm³/mol. The van der Waals surface area contributed by atoms with Gasteiger partial charge < -0.3 is 9.84 Å². The molecule has 152 valence electrons. The Morgan fingerprint density at radius 2 is 1.83 bits per heavy atom. The largest absolute Gasteiger partial charge is 0.457 e. The SMILES string of the molecule is CC(O)(Cn1cncn1)C(=O)c1ccc(Oc2ccc(Cl)cc2)cc1C(F)(F)F. The maximum absolute atomic E-state index is 13.6. The number of hydrogen-bond donors (Lipinski definition) is 1. The van der Waals surface area contributed by atoms with E-state index in [1.54, 1.807) is 0 Å². The van der Waals surface area contributed by atoms with Crippen LogP contribution in [-0.2, 0) is 12.7 Å². The standard InChI is InChI=1S/C19H15ClF3N3O3/c1-18(28,9-26-11-24-10-25-26)17(27)15-7-6-14(8-16(15)19(21,22)23)29-13-4-2-12(20)3-5-13/h2-8,10-11,28H,9H2,1H3. The van der Waals surface area contributed by atoms with Crippen LogP contribution in [0.25, 0.3) is 0 Å². The minimum atomic E-state index is -4.84. The van der Waals surface area contributed by atoms with Gasteiger partial charge in [0.15, 0.2) is 5.78 Å². The highest BCUT2D eigenvalue weighted by atomic mass is 35.5. The molecule has 2 aromatic carbocycles. The van der Waals surface area contributed by atoms with Gasteiger partial charge in [-0.3, -0.25) is 4.79 Å². The van der Waals surface area contributed by atoms with Crippen molar-refractivity contribution in [3.63, 3.8) is 0 Å². The monoisotopic (exact) mass is 425 g/mol. The van der Waals surface area contributed by atoms with Gasteiger partial charge in [0, 0.05) is 10.6 Å². The second-order valence-electron chi connectivity index (χ2n) is 6.46. The van der Waals surface area contributed by atoms with Crippen LogP contribution in [0.2, 0.25) is 5.02 Å². The van der Waals surface area contributed by atoms with E-state index in [2.05, 4.69) is 10.1 Å². The third-order valence-corrected chi connectivity index (χ3v) is 4.27. The van der Waals surface area contributed by atoms with E-state index in [9.17, 15) is 23.1 Å². The molecule has 1 heterocycles. The van der Waals surface area contributed by atoms with Gasteiger partial charge >= 0.3 is 6.18 Å². The van der Waals surface area contributed by atoms with Crippen molar-refractivity contribution in [1.29, 1.82) is 0 Å². The van der Waals surface area contributed by atoms with Gasteiger partial charge in [-0.25, -0.2) is 9.67 Å². The fraction of sp³-hybridized carbons (Fsp3) is 0.211. The highest BCUT2D eigenvalue weighted by Gasteiger charge is 2.40. The van der Waals surface area contributed by atoms with E-state index in [1.807, 2.05) is 0 Å². The van der Waals surface area contributed by atoms with Crippen molar-refractivity contribution in [3.05, 3.63) is 71.3 Å². The van der Waals surface area contributed by atoms with Gasteiger partial charge in [-0.15, -0.1) is 0 Å². The van der Waals surface area contributed by atoms with Crippen LogP contribution in [-0.4, -0.2) is 31.3 Å². The average molecular weight is 426 g/mol. The van der Waals surface area contributed by atoms with Crippen molar-refractivity contribution in [2.24, 2.45) is 0 Å². The summed E-state index contributed by atoms with van der Waals surface area (Å²) in [6.07, 6.45) is -2.41. The number of nitrogens with zero attached hydrogens (tertiary/aromatic N) is 3. The van der Waals surface area contributed by atoms with Crippen molar-refractivity contribution in [2.45, 2.75) is 25.2 Å². The van der Waals surface area contributed by atoms with Crippen LogP contribution < -0.4 is 4.74 Å². The minimum Gasteiger partial charge on any atom is -0.457 e. The average Bonchev–Trinajstić information content (AvgIpc) is 3.14. The number of carbonyl (C=O) groups is 1. The zero-order valence-corrected chi connectivity index (χ0v) is 15.8. The number of aliphatic hydroxyl groups is 1. The number of Topliss-reactive ketones (excluding diaryl/α,β-unsaturated/α-hetero) is 1. The maximum atomic E-state index is 13.6. The van der Waals surface area contributed by atoms with Crippen molar-refractivity contribution in [2.75, 3.05) is 0 Å². The molecule has 0 saturated carbocycles. The number of benzene rings is 2. The van der Waals surface area contributed by atoms with E-state index in [1.165, 1.54) is 43.0 Å². The molecular formula is C19H15ClF3N3O3. The van der Waals surface area contributed by atoms with E-state index in [4.69, 9.17) is 16.3 Å². The lowest BCUT2D eigenvalue weighted by atomic mass is 9.91. The van der Waals surface area contributed by atoms with Crippen LogP contribution in [0.3, 0.4) is 0 Å². The molecule has 1 N–H and O–H groups in total. The Morgan fingerprint density at radius 3 is 2.41 bits per heavy atom. The lowest BCUT2D eigenvalue weighted by Crippen LogP contribution is -2.40. The summed E-state index contributed by atoms with van der Waals surface area (Å²) in [5.74, 6) is -0.940. The molecule has 0 amide bonds. The first-order valence-corrected chi connectivity index (χ1v) is 8.68. The summed E-state index contributed by atoms with van der Waals surface area (Å²) in [6, 6.07) is 8.97. The molecule has 0 bridgehead atoms. The van der Waals surface area contributed by atoms with Crippen LogP contribution >= 0.6 is 11.6 Å². The number of halogens is 4. The molecule has 0 spiro atoms. The van der Waals surface area contributed by atoms with Crippen LogP contribution in [0.4, 0.5) is 13.2 Å². The molecule has 1 unspecified atom stereocenters. The zero-order chi connectivity index (χ0) is 21.2. The Kier molecular flexibility index (Phi) is 5.63. The molecule has 3 aromatic rings. The number of hydrogen-bond acceptors (Lipinski definition) is 5. The van der Waals surface area contributed by atoms with Gasteiger partial charge in [-0.2, -0.15) is 18.3 Å². The smallest absolute Gasteiger partial charge is 0.417 e. The Labute approximate surface area is 168 Å². The van der Waals surface area contributed by atoms with Gasteiger partial charge in [0.1, 0.15) is 29.8 Å². The van der Waals surface area contributed by atoms with Gasteiger partial charge in [-0.05, 0) is 49.4 Å². The number of aromatic nitrogens is 3. The molecule has 29 heavy (non-hydrogen) atoms. The summed E-state index contributed by atoms with van der Waals surface area (Å²) in [4.78, 5) is 16.4. The Morgan fingerprint density at radius 1 is 1.17 bits per heavy atom. The lowest BCUT2D eigenvalue weighted by molar-refractivity contribution is -0.138. The molecule has 3 rings (SSSR count). The van der Waals surface area contributed by atoms with E-state index >= 15 is 0 Å². The summed E-state index contributed by atoms with van der Waals surface area (Å²) < 4.78 is 47.4. The molecule has 10 heteroatoms. The number of carbonyl (C=O) groups excluding carboxylic acids is 1. The first-order chi connectivity index (χ1) is 13.6. The molecule has 0 aliphatic heterocycles. The van der Waals surface area contributed by atoms with Gasteiger partial charge in [0.25, 0.3) is 0 Å². The Balaban J connectivity index is 1.93. The van der Waals surface area contributed by atoms with Gasteiger partial charge in [0.2, 0.25) is 0 Å². The van der Waals surface area contributed by atoms with E-state index < -0.39 is 28.7 Å². The van der Waals surface area contributed by atoms with E-state index in [-0.39, 0.29) is 18.0 Å². The fourth-order valence-corrected chi connectivity index (χ4v) is 2.78. The second kappa shape index (κ2) is 7.84. The summed E-state index contributed by atoms with van der Waals surface area (Å²) >= 11 is 5.77. The molecule has 0 aliphatic rings. The highest BCUT2D eigenvalue weighted by molar-refractivity contribution is 6.30. The molecule has 6 nitrogen and oxygen atoms in total. The molecule has 1 atom stereocenters. The van der Waals surface area contributed by atoms with E-state index in [0.717, 1.165) is 17.7 Å². The molecule has 0 fully saturated rings. The molecule has 0 saturated heterocycles. The molecule has 0 radical (unpaired) electrons. The van der Waals surface area contributed by atoms with Crippen molar-refractivity contribution in [3.8, 4) is 11.5 Å². The fourth-order valence-electron chi connectivity index (χ4n) is 2.65. The molecule has 1 aromatic heterocycles. The van der Waals surface area contributed by atoms with Gasteiger partial charge in [-0.1, -0.05) is 11.6 Å². The Bertz CT molecular complexity index is 1000. The summed E-state index contributed by atoms with van der Waals surface area (Å²) in [5, 5.41) is 14.7. The number of ketones is 1. The minimum absolute atomic E-state index is 0.118. The van der Waals surface area contributed by atoms with Crippen LogP contribution in [0, 0.1) is 0 Å². The van der Waals surface area contributed by atoms with Gasteiger partial charge in [0.05, 0.1) is 12.1 Å². The Hall–Kier alpha value is -2.91. The highest BCUT2D eigenvalue weighted by Crippen LogP contribution is 2.37. The summed E-state index contributed by atoms with van der Waals surface area (Å²) in [7, 11) is 0. The first kappa shape index (κ1) is 20.8. The van der Waals surface area contributed by atoms with Crippen LogP contribution in [0.1, 0.15) is 22.8 Å². The van der Waals surface area contributed by atoms with Crippen LogP contribution in [0.15, 0.2) is 55.1 Å². The predicted octanol–water partition coefficient (Wildman–Crippen LogP) is 4.38. The molecule has 0 aliphatic carbocycles.